The van der Waals surface area contributed by atoms with E-state index in [1.165, 1.54) is 22.3 Å². The topological polar surface area (TPSA) is 47.0 Å². The lowest BCUT2D eigenvalue weighted by Crippen LogP contribution is -2.32. The van der Waals surface area contributed by atoms with Gasteiger partial charge >= 0.3 is 0 Å². The van der Waals surface area contributed by atoms with Gasteiger partial charge in [-0.05, 0) is 40.5 Å². The first-order valence-corrected chi connectivity index (χ1v) is 17.1. The number of hydrogen-bond donors (Lipinski definition) is 1. The number of para-hydroxylation sites is 1. The van der Waals surface area contributed by atoms with Crippen LogP contribution in [0.4, 0.5) is 0 Å². The van der Waals surface area contributed by atoms with Gasteiger partial charge in [0, 0.05) is 39.9 Å². The fraction of sp³-hybridized carbons (Fsp3) is 0.0435. The lowest BCUT2D eigenvalue weighted by atomic mass is 9.66. The van der Waals surface area contributed by atoms with Crippen molar-refractivity contribution < 1.29 is 4.74 Å². The van der Waals surface area contributed by atoms with Gasteiger partial charge in [-0.3, -0.25) is 0 Å². The summed E-state index contributed by atoms with van der Waals surface area (Å²) < 4.78 is 6.82. The van der Waals surface area contributed by atoms with Crippen LogP contribution in [0.1, 0.15) is 33.6 Å². The van der Waals surface area contributed by atoms with Gasteiger partial charge in [0.25, 0.3) is 0 Å². The van der Waals surface area contributed by atoms with Gasteiger partial charge in [-0.2, -0.15) is 0 Å². The van der Waals surface area contributed by atoms with Crippen molar-refractivity contribution in [1.82, 2.24) is 15.3 Å². The molecular formula is C46H31N3O. The molecule has 1 aromatic heterocycles. The average Bonchev–Trinajstić information content (AvgIpc) is 3.49. The van der Waals surface area contributed by atoms with E-state index < -0.39 is 5.41 Å². The number of rotatable bonds is 4. The van der Waals surface area contributed by atoms with E-state index in [1.54, 1.807) is 0 Å². The van der Waals surface area contributed by atoms with E-state index in [-0.39, 0.29) is 0 Å². The van der Waals surface area contributed by atoms with Crippen molar-refractivity contribution in [3.63, 3.8) is 0 Å². The lowest BCUT2D eigenvalue weighted by molar-refractivity contribution is 0.436. The number of fused-ring (bicyclic) bond motifs is 9. The lowest BCUT2D eigenvalue weighted by Gasteiger charge is -2.39. The first-order valence-electron chi connectivity index (χ1n) is 17.1. The van der Waals surface area contributed by atoms with E-state index in [1.807, 2.05) is 36.4 Å². The molecule has 7 aromatic rings. The molecule has 50 heavy (non-hydrogen) atoms. The highest BCUT2D eigenvalue weighted by Gasteiger charge is 2.50. The van der Waals surface area contributed by atoms with E-state index in [0.29, 0.717) is 12.4 Å². The maximum absolute atomic E-state index is 6.82. The van der Waals surface area contributed by atoms with Crippen LogP contribution in [0.5, 0.6) is 11.5 Å². The number of nitrogens with one attached hydrogen (secondary N) is 1. The molecule has 3 aliphatic rings. The second kappa shape index (κ2) is 11.3. The third kappa shape index (κ3) is 4.25. The number of allylic oxidation sites excluding steroid dienone is 2. The minimum Gasteiger partial charge on any atom is -0.457 e. The summed E-state index contributed by atoms with van der Waals surface area (Å²) in [5.41, 5.74) is 13.7. The van der Waals surface area contributed by atoms with Gasteiger partial charge in [0.15, 0.2) is 5.82 Å². The maximum atomic E-state index is 6.82. The SMILES string of the molecule is C1=CC(c2nc(-c3ccccc3)cc(-c3ccccc3)n2)=C(c2ccc3c(c2)Oc2ccccc2C32c3ccccc3-c3ccccc32)NC1. The number of dihydropyridines is 1. The van der Waals surface area contributed by atoms with Crippen LogP contribution in [0, 0.1) is 0 Å². The molecule has 1 spiro atoms. The van der Waals surface area contributed by atoms with Crippen LogP contribution in [0.3, 0.4) is 0 Å². The summed E-state index contributed by atoms with van der Waals surface area (Å²) in [4.78, 5) is 10.3. The Kier molecular flexibility index (Phi) is 6.43. The molecule has 10 rings (SSSR count). The molecule has 0 atom stereocenters. The summed E-state index contributed by atoms with van der Waals surface area (Å²) >= 11 is 0. The average molecular weight is 642 g/mol. The minimum atomic E-state index is -0.495. The Bertz CT molecular complexity index is 2410. The van der Waals surface area contributed by atoms with Gasteiger partial charge < -0.3 is 10.1 Å². The highest BCUT2D eigenvalue weighted by Crippen LogP contribution is 2.62. The van der Waals surface area contributed by atoms with E-state index in [0.717, 1.165) is 62.0 Å². The summed E-state index contributed by atoms with van der Waals surface area (Å²) in [5, 5.41) is 3.68. The van der Waals surface area contributed by atoms with Crippen molar-refractivity contribution in [2.24, 2.45) is 0 Å². The summed E-state index contributed by atoms with van der Waals surface area (Å²) in [6.07, 6.45) is 4.28. The zero-order valence-corrected chi connectivity index (χ0v) is 27.2. The van der Waals surface area contributed by atoms with Crippen molar-refractivity contribution >= 4 is 11.3 Å². The van der Waals surface area contributed by atoms with Crippen molar-refractivity contribution in [1.29, 1.82) is 0 Å². The Morgan fingerprint density at radius 2 is 1.06 bits per heavy atom. The smallest absolute Gasteiger partial charge is 0.162 e. The maximum Gasteiger partial charge on any atom is 0.162 e. The molecule has 0 bridgehead atoms. The summed E-state index contributed by atoms with van der Waals surface area (Å²) in [5.74, 6) is 2.39. The molecule has 236 valence electrons. The minimum absolute atomic E-state index is 0.495. The summed E-state index contributed by atoms with van der Waals surface area (Å²) in [6.45, 7) is 0.703. The zero-order chi connectivity index (χ0) is 33.1. The molecule has 1 aliphatic carbocycles. The van der Waals surface area contributed by atoms with Crippen LogP contribution in [0.2, 0.25) is 0 Å². The molecule has 3 heterocycles. The van der Waals surface area contributed by atoms with Crippen LogP contribution >= 0.6 is 0 Å². The second-order valence-electron chi connectivity index (χ2n) is 12.9. The quantitative estimate of drug-likeness (QED) is 0.208. The number of nitrogens with zero attached hydrogens (tertiary/aromatic N) is 2. The van der Waals surface area contributed by atoms with E-state index in [4.69, 9.17) is 14.7 Å². The predicted molar refractivity (Wildman–Crippen MR) is 201 cm³/mol. The number of aromatic nitrogens is 2. The van der Waals surface area contributed by atoms with Crippen molar-refractivity contribution in [3.05, 3.63) is 204 Å². The van der Waals surface area contributed by atoms with E-state index in [9.17, 15) is 0 Å². The molecule has 0 saturated carbocycles. The normalized spacial score (nSPS) is 14.6. The molecule has 4 nitrogen and oxygen atoms in total. The van der Waals surface area contributed by atoms with Gasteiger partial charge in [0.05, 0.1) is 22.5 Å². The molecule has 2 aliphatic heterocycles. The number of hydrogen-bond acceptors (Lipinski definition) is 4. The third-order valence-corrected chi connectivity index (χ3v) is 10.2. The molecule has 0 fully saturated rings. The molecule has 0 saturated heterocycles. The largest absolute Gasteiger partial charge is 0.457 e. The molecule has 0 radical (unpaired) electrons. The molecule has 6 aromatic carbocycles. The Hall–Kier alpha value is -6.52. The van der Waals surface area contributed by atoms with Crippen LogP contribution < -0.4 is 10.1 Å². The van der Waals surface area contributed by atoms with E-state index >= 15 is 0 Å². The van der Waals surface area contributed by atoms with Gasteiger partial charge in [-0.1, -0.05) is 152 Å². The van der Waals surface area contributed by atoms with Gasteiger partial charge in [0.1, 0.15) is 11.5 Å². The van der Waals surface area contributed by atoms with Gasteiger partial charge in [0.2, 0.25) is 0 Å². The number of ether oxygens (including phenoxy) is 1. The fourth-order valence-electron chi connectivity index (χ4n) is 8.06. The molecule has 4 heteroatoms. The first-order chi connectivity index (χ1) is 24.8. The predicted octanol–water partition coefficient (Wildman–Crippen LogP) is 10.3. The zero-order valence-electron chi connectivity index (χ0n) is 27.2. The first kappa shape index (κ1) is 28.5. The van der Waals surface area contributed by atoms with Crippen LogP contribution in [-0.2, 0) is 5.41 Å². The monoisotopic (exact) mass is 641 g/mol. The highest BCUT2D eigenvalue weighted by atomic mass is 16.5. The van der Waals surface area contributed by atoms with Crippen LogP contribution in [0.15, 0.2) is 170 Å². The summed E-state index contributed by atoms with van der Waals surface area (Å²) in [7, 11) is 0. The van der Waals surface area contributed by atoms with Crippen molar-refractivity contribution in [2.45, 2.75) is 5.41 Å². The summed E-state index contributed by atoms with van der Waals surface area (Å²) in [6, 6.07) is 55.5. The van der Waals surface area contributed by atoms with Gasteiger partial charge in [-0.25, -0.2) is 9.97 Å². The molecule has 0 unspecified atom stereocenters. The van der Waals surface area contributed by atoms with E-state index in [2.05, 4.69) is 139 Å². The third-order valence-electron chi connectivity index (χ3n) is 10.2. The Labute approximate surface area is 291 Å². The van der Waals surface area contributed by atoms with Gasteiger partial charge in [-0.15, -0.1) is 0 Å². The number of benzene rings is 6. The van der Waals surface area contributed by atoms with Crippen molar-refractivity contribution in [2.75, 3.05) is 6.54 Å². The Morgan fingerprint density at radius 1 is 0.500 bits per heavy atom. The highest BCUT2D eigenvalue weighted by molar-refractivity contribution is 5.95. The standard InChI is InChI=1S/C46H31N3O/c1-3-14-30(15-4-1)40-29-41(31-16-5-2-6-17-31)49-45(48-40)35-20-13-27-47-44(35)32-25-26-39-43(28-32)50-42-24-12-11-23-38(42)46(39)36-21-9-7-18-33(36)34-19-8-10-22-37(34)46/h1-26,28-29,47H,27H2. The van der Waals surface area contributed by atoms with Crippen LogP contribution in [0.25, 0.3) is 44.9 Å². The Balaban J connectivity index is 1.18. The molecule has 0 amide bonds. The second-order valence-corrected chi connectivity index (χ2v) is 12.9. The Morgan fingerprint density at radius 3 is 1.72 bits per heavy atom. The molecule has 1 N–H and O–H groups in total. The molecular weight excluding hydrogens is 611 g/mol. The van der Waals surface area contributed by atoms with Crippen molar-refractivity contribution in [3.8, 4) is 45.1 Å². The van der Waals surface area contributed by atoms with Crippen LogP contribution in [-0.4, -0.2) is 16.5 Å². The fourth-order valence-corrected chi connectivity index (χ4v) is 8.06.